The van der Waals surface area contributed by atoms with Gasteiger partial charge in [0.15, 0.2) is 0 Å². The minimum Gasteiger partial charge on any atom is -0.327 e. The van der Waals surface area contributed by atoms with Gasteiger partial charge in [-0.05, 0) is 29.3 Å². The molecule has 0 saturated carbocycles. The Morgan fingerprint density at radius 1 is 1.25 bits per heavy atom. The van der Waals surface area contributed by atoms with Crippen LogP contribution >= 0.6 is 17.0 Å². The van der Waals surface area contributed by atoms with E-state index in [0.29, 0.717) is 0 Å². The highest BCUT2D eigenvalue weighted by atomic mass is 79.9. The number of hydrogen-bond donors (Lipinski definition) is 1. The number of aromatic amines is 1. The van der Waals surface area contributed by atoms with Crippen LogP contribution < -0.4 is 5.56 Å². The lowest BCUT2D eigenvalue weighted by atomic mass is 10.1. The van der Waals surface area contributed by atoms with Crippen LogP contribution in [0, 0.1) is 11.3 Å². The van der Waals surface area contributed by atoms with Crippen molar-refractivity contribution >= 4 is 17.0 Å². The van der Waals surface area contributed by atoms with Gasteiger partial charge in [-0.15, -0.1) is 17.0 Å². The molecule has 0 aromatic carbocycles. The Morgan fingerprint density at radius 3 is 2.56 bits per heavy atom. The Hall–Kier alpha value is -1.93. The van der Waals surface area contributed by atoms with Crippen LogP contribution in [-0.2, 0) is 0 Å². The molecule has 0 radical (unpaired) electrons. The second-order valence-corrected chi connectivity index (χ2v) is 2.98. The first kappa shape index (κ1) is 12.1. The molecule has 2 aromatic heterocycles. The highest BCUT2D eigenvalue weighted by Crippen LogP contribution is 2.16. The molecule has 0 unspecified atom stereocenters. The van der Waals surface area contributed by atoms with Crippen molar-refractivity contribution in [2.24, 2.45) is 0 Å². The van der Waals surface area contributed by atoms with Gasteiger partial charge in [-0.3, -0.25) is 9.78 Å². The number of halogens is 1. The minimum atomic E-state index is -0.365. The number of nitrogens with zero attached hydrogens (tertiary/aromatic N) is 2. The molecule has 2 heterocycles. The van der Waals surface area contributed by atoms with E-state index in [0.717, 1.165) is 11.1 Å². The number of pyridine rings is 2. The van der Waals surface area contributed by atoms with E-state index in [9.17, 15) is 4.79 Å². The molecule has 0 aliphatic carbocycles. The summed E-state index contributed by atoms with van der Waals surface area (Å²) in [5.74, 6) is 0. The molecule has 2 aromatic rings. The molecule has 0 bridgehead atoms. The van der Waals surface area contributed by atoms with Crippen LogP contribution in [0.3, 0.4) is 0 Å². The molecule has 0 aliphatic rings. The van der Waals surface area contributed by atoms with Crippen molar-refractivity contribution in [2.75, 3.05) is 0 Å². The van der Waals surface area contributed by atoms with Crippen LogP contribution in [-0.4, -0.2) is 9.97 Å². The molecule has 0 atom stereocenters. The zero-order valence-electron chi connectivity index (χ0n) is 8.18. The molecule has 0 amide bonds. The molecule has 2 rings (SSSR count). The van der Waals surface area contributed by atoms with Crippen molar-refractivity contribution in [3.05, 3.63) is 52.7 Å². The number of aromatic nitrogens is 2. The molecule has 0 fully saturated rings. The number of hydrogen-bond acceptors (Lipinski definition) is 3. The van der Waals surface area contributed by atoms with Crippen molar-refractivity contribution < 1.29 is 0 Å². The summed E-state index contributed by atoms with van der Waals surface area (Å²) < 4.78 is 0. The summed E-state index contributed by atoms with van der Waals surface area (Å²) in [5.41, 5.74) is 1.46. The smallest absolute Gasteiger partial charge is 0.265 e. The van der Waals surface area contributed by atoms with Crippen LogP contribution in [0.4, 0.5) is 0 Å². The first-order valence-corrected chi connectivity index (χ1v) is 4.34. The van der Waals surface area contributed by atoms with Crippen molar-refractivity contribution in [1.29, 1.82) is 5.26 Å². The first-order chi connectivity index (χ1) is 7.31. The van der Waals surface area contributed by atoms with E-state index >= 15 is 0 Å². The maximum absolute atomic E-state index is 11.1. The topological polar surface area (TPSA) is 69.5 Å². The highest BCUT2D eigenvalue weighted by Gasteiger charge is 2.01. The Bertz CT molecular complexity index is 572. The van der Waals surface area contributed by atoms with Crippen molar-refractivity contribution in [3.63, 3.8) is 0 Å². The summed E-state index contributed by atoms with van der Waals surface area (Å²) in [6.45, 7) is 0. The quantitative estimate of drug-likeness (QED) is 0.865. The van der Waals surface area contributed by atoms with Gasteiger partial charge in [0.25, 0.3) is 5.56 Å². The number of H-pyrrole nitrogens is 1. The fourth-order valence-corrected chi connectivity index (χ4v) is 1.28. The first-order valence-electron chi connectivity index (χ1n) is 4.34. The summed E-state index contributed by atoms with van der Waals surface area (Å²) in [4.78, 5) is 17.6. The molecule has 5 heteroatoms. The van der Waals surface area contributed by atoms with E-state index in [1.165, 1.54) is 0 Å². The molecule has 80 valence electrons. The van der Waals surface area contributed by atoms with Crippen LogP contribution in [0.5, 0.6) is 0 Å². The van der Waals surface area contributed by atoms with Crippen molar-refractivity contribution in [2.45, 2.75) is 0 Å². The Balaban J connectivity index is 0.00000128. The van der Waals surface area contributed by atoms with Gasteiger partial charge in [0.1, 0.15) is 11.6 Å². The largest absolute Gasteiger partial charge is 0.327 e. The lowest BCUT2D eigenvalue weighted by Gasteiger charge is -1.99. The molecule has 1 N–H and O–H groups in total. The van der Waals surface area contributed by atoms with Crippen LogP contribution in [0.15, 0.2) is 41.6 Å². The lowest BCUT2D eigenvalue weighted by Crippen LogP contribution is -2.08. The summed E-state index contributed by atoms with van der Waals surface area (Å²) in [7, 11) is 0. The average Bonchev–Trinajstić information content (AvgIpc) is 2.31. The van der Waals surface area contributed by atoms with Gasteiger partial charge in [-0.25, -0.2) is 0 Å². The van der Waals surface area contributed by atoms with Gasteiger partial charge < -0.3 is 4.98 Å². The summed E-state index contributed by atoms with van der Waals surface area (Å²) in [6.07, 6.45) is 4.90. The second kappa shape index (κ2) is 5.24. The molecular weight excluding hydrogens is 270 g/mol. The Kier molecular flexibility index (Phi) is 3.97. The van der Waals surface area contributed by atoms with Crippen LogP contribution in [0.2, 0.25) is 0 Å². The van der Waals surface area contributed by atoms with Crippen LogP contribution in [0.25, 0.3) is 11.1 Å². The van der Waals surface area contributed by atoms with E-state index in [2.05, 4.69) is 9.97 Å². The van der Waals surface area contributed by atoms with E-state index < -0.39 is 0 Å². The Labute approximate surface area is 102 Å². The fraction of sp³-hybridized carbons (Fsp3) is 0. The lowest BCUT2D eigenvalue weighted by molar-refractivity contribution is 1.21. The molecular formula is C11H8BrN3O. The average molecular weight is 278 g/mol. The number of nitriles is 1. The molecule has 0 aliphatic heterocycles. The third-order valence-corrected chi connectivity index (χ3v) is 2.04. The predicted octanol–water partition coefficient (Wildman–Crippen LogP) is 1.89. The third kappa shape index (κ3) is 2.35. The van der Waals surface area contributed by atoms with Gasteiger partial charge in [-0.1, -0.05) is 0 Å². The number of nitrogens with one attached hydrogen (secondary N) is 1. The maximum Gasteiger partial charge on any atom is 0.265 e. The fourth-order valence-electron chi connectivity index (χ4n) is 1.28. The highest BCUT2D eigenvalue weighted by molar-refractivity contribution is 8.93. The van der Waals surface area contributed by atoms with E-state index in [1.54, 1.807) is 24.7 Å². The molecule has 16 heavy (non-hydrogen) atoms. The zero-order chi connectivity index (χ0) is 10.7. The van der Waals surface area contributed by atoms with Crippen LogP contribution in [0.1, 0.15) is 5.56 Å². The molecule has 0 saturated heterocycles. The van der Waals surface area contributed by atoms with Gasteiger partial charge in [0.2, 0.25) is 0 Å². The standard InChI is InChI=1S/C11H7N3O.BrH/c12-6-9-5-10(7-14-11(9)15)8-1-3-13-4-2-8;/h1-5,7H,(H,14,15);1H. The van der Waals surface area contributed by atoms with Gasteiger partial charge in [0, 0.05) is 18.6 Å². The Morgan fingerprint density at radius 2 is 1.94 bits per heavy atom. The predicted molar refractivity (Wildman–Crippen MR) is 65.3 cm³/mol. The van der Waals surface area contributed by atoms with Gasteiger partial charge in [-0.2, -0.15) is 5.26 Å². The normalized spacial score (nSPS) is 8.94. The monoisotopic (exact) mass is 277 g/mol. The number of rotatable bonds is 1. The maximum atomic E-state index is 11.1. The van der Waals surface area contributed by atoms with E-state index in [4.69, 9.17) is 5.26 Å². The van der Waals surface area contributed by atoms with E-state index in [1.807, 2.05) is 18.2 Å². The van der Waals surface area contributed by atoms with Crippen molar-refractivity contribution in [1.82, 2.24) is 9.97 Å². The zero-order valence-corrected chi connectivity index (χ0v) is 9.89. The van der Waals surface area contributed by atoms with Gasteiger partial charge >= 0.3 is 0 Å². The third-order valence-electron chi connectivity index (χ3n) is 2.04. The summed E-state index contributed by atoms with van der Waals surface area (Å²) >= 11 is 0. The van der Waals surface area contributed by atoms with E-state index in [-0.39, 0.29) is 28.1 Å². The SMILES string of the molecule is Br.N#Cc1cc(-c2ccncc2)c[nH]c1=O. The van der Waals surface area contributed by atoms with Gasteiger partial charge in [0.05, 0.1) is 0 Å². The minimum absolute atomic E-state index is 0. The molecule has 4 nitrogen and oxygen atoms in total. The van der Waals surface area contributed by atoms with Crippen molar-refractivity contribution in [3.8, 4) is 17.2 Å². The second-order valence-electron chi connectivity index (χ2n) is 2.98. The summed E-state index contributed by atoms with van der Waals surface area (Å²) in [5, 5.41) is 8.71. The molecule has 0 spiro atoms. The summed E-state index contributed by atoms with van der Waals surface area (Å²) in [6, 6.07) is 7.04.